The van der Waals surface area contributed by atoms with Crippen LogP contribution in [0.5, 0.6) is 11.5 Å². The van der Waals surface area contributed by atoms with Crippen molar-refractivity contribution in [3.05, 3.63) is 119 Å². The van der Waals surface area contributed by atoms with Crippen LogP contribution in [0.1, 0.15) is 27.8 Å². The fraction of sp³-hybridized carbons (Fsp3) is 0.103. The van der Waals surface area contributed by atoms with Crippen molar-refractivity contribution in [2.45, 2.75) is 19.4 Å². The molecule has 0 bridgehead atoms. The van der Waals surface area contributed by atoms with Gasteiger partial charge >= 0.3 is 0 Å². The molecular weight excluding hydrogens is 396 g/mol. The molecule has 0 atom stereocenters. The molecule has 0 amide bonds. The van der Waals surface area contributed by atoms with Crippen molar-refractivity contribution in [3.63, 3.8) is 0 Å². The third kappa shape index (κ3) is 3.57. The van der Waals surface area contributed by atoms with Crippen LogP contribution in [-0.2, 0) is 19.4 Å². The first-order valence-corrected chi connectivity index (χ1v) is 10.8. The predicted octanol–water partition coefficient (Wildman–Crippen LogP) is 6.08. The number of aliphatic hydroxyl groups is 1. The Labute approximate surface area is 186 Å². The Morgan fingerprint density at radius 1 is 0.469 bits per heavy atom. The number of hydrogen-bond donors (Lipinski definition) is 3. The van der Waals surface area contributed by atoms with Crippen molar-refractivity contribution < 1.29 is 15.3 Å². The fourth-order valence-electron chi connectivity index (χ4n) is 4.51. The Bertz CT molecular complexity index is 1440. The molecule has 0 aliphatic heterocycles. The van der Waals surface area contributed by atoms with Crippen molar-refractivity contribution in [2.75, 3.05) is 0 Å². The summed E-state index contributed by atoms with van der Waals surface area (Å²) >= 11 is 0. The van der Waals surface area contributed by atoms with Crippen LogP contribution in [0.25, 0.3) is 21.5 Å². The molecule has 0 saturated heterocycles. The summed E-state index contributed by atoms with van der Waals surface area (Å²) in [5, 5.41) is 35.5. The largest absolute Gasteiger partial charge is 0.507 e. The van der Waals surface area contributed by atoms with E-state index in [2.05, 4.69) is 0 Å². The number of phenolic OH excluding ortho intramolecular Hbond substituents is 2. The minimum Gasteiger partial charge on any atom is -0.507 e. The normalized spacial score (nSPS) is 11.3. The lowest BCUT2D eigenvalue weighted by Crippen LogP contribution is -2.03. The van der Waals surface area contributed by atoms with Crippen LogP contribution in [0.4, 0.5) is 0 Å². The predicted molar refractivity (Wildman–Crippen MR) is 129 cm³/mol. The van der Waals surface area contributed by atoms with Crippen LogP contribution in [0.2, 0.25) is 0 Å². The van der Waals surface area contributed by atoms with Gasteiger partial charge in [-0.25, -0.2) is 0 Å². The van der Waals surface area contributed by atoms with Gasteiger partial charge in [-0.2, -0.15) is 0 Å². The van der Waals surface area contributed by atoms with E-state index in [-0.39, 0.29) is 18.1 Å². The van der Waals surface area contributed by atoms with E-state index >= 15 is 0 Å². The third-order valence-corrected chi connectivity index (χ3v) is 6.26. The molecule has 0 fully saturated rings. The summed E-state index contributed by atoms with van der Waals surface area (Å²) in [6, 6.07) is 29.4. The Morgan fingerprint density at radius 2 is 1.00 bits per heavy atom. The molecule has 0 aromatic heterocycles. The Kier molecular flexibility index (Phi) is 5.26. The lowest BCUT2D eigenvalue weighted by molar-refractivity contribution is 0.280. The molecule has 0 saturated carbocycles. The van der Waals surface area contributed by atoms with Gasteiger partial charge in [0.25, 0.3) is 0 Å². The fourth-order valence-corrected chi connectivity index (χ4v) is 4.51. The number of rotatable bonds is 5. The average Bonchev–Trinajstić information content (AvgIpc) is 2.83. The molecule has 0 unspecified atom stereocenters. The van der Waals surface area contributed by atoms with Gasteiger partial charge in [0.05, 0.1) is 6.61 Å². The van der Waals surface area contributed by atoms with Gasteiger partial charge in [-0.15, -0.1) is 0 Å². The molecule has 3 N–H and O–H groups in total. The van der Waals surface area contributed by atoms with Crippen LogP contribution >= 0.6 is 0 Å². The van der Waals surface area contributed by atoms with Gasteiger partial charge in [0, 0.05) is 23.6 Å². The molecule has 32 heavy (non-hydrogen) atoms. The van der Waals surface area contributed by atoms with Gasteiger partial charge in [-0.1, -0.05) is 91.0 Å². The van der Waals surface area contributed by atoms with Crippen molar-refractivity contribution in [3.8, 4) is 11.5 Å². The molecule has 3 nitrogen and oxygen atoms in total. The first-order valence-electron chi connectivity index (χ1n) is 10.8. The zero-order chi connectivity index (χ0) is 22.1. The van der Waals surface area contributed by atoms with E-state index in [1.807, 2.05) is 91.0 Å². The molecule has 5 aromatic carbocycles. The van der Waals surface area contributed by atoms with Crippen molar-refractivity contribution in [1.29, 1.82) is 0 Å². The maximum atomic E-state index is 10.9. The van der Waals surface area contributed by atoms with Crippen LogP contribution in [-0.4, -0.2) is 15.3 Å². The van der Waals surface area contributed by atoms with Crippen LogP contribution in [0.15, 0.2) is 91.0 Å². The second-order valence-corrected chi connectivity index (χ2v) is 8.16. The van der Waals surface area contributed by atoms with Gasteiger partial charge in [0.1, 0.15) is 11.5 Å². The molecule has 158 valence electrons. The summed E-state index contributed by atoms with van der Waals surface area (Å²) in [5.41, 5.74) is 4.48. The molecule has 0 spiro atoms. The average molecular weight is 421 g/mol. The minimum absolute atomic E-state index is 0.0821. The highest BCUT2D eigenvalue weighted by Gasteiger charge is 2.15. The van der Waals surface area contributed by atoms with E-state index in [0.29, 0.717) is 12.8 Å². The number of aliphatic hydroxyl groups excluding tert-OH is 1. The monoisotopic (exact) mass is 420 g/mol. The second-order valence-electron chi connectivity index (χ2n) is 8.16. The third-order valence-electron chi connectivity index (χ3n) is 6.26. The molecule has 5 aromatic rings. The highest BCUT2D eigenvalue weighted by Crippen LogP contribution is 2.34. The second kappa shape index (κ2) is 8.37. The Morgan fingerprint density at radius 3 is 1.59 bits per heavy atom. The van der Waals surface area contributed by atoms with E-state index in [1.54, 1.807) is 0 Å². The molecule has 0 heterocycles. The zero-order valence-electron chi connectivity index (χ0n) is 17.6. The Hall–Kier alpha value is -3.82. The smallest absolute Gasteiger partial charge is 0.126 e. The zero-order valence-corrected chi connectivity index (χ0v) is 17.6. The molecular formula is C29H24O3. The number of hydrogen-bond acceptors (Lipinski definition) is 3. The van der Waals surface area contributed by atoms with E-state index in [4.69, 9.17) is 0 Å². The van der Waals surface area contributed by atoms with E-state index in [9.17, 15) is 15.3 Å². The lowest BCUT2D eigenvalue weighted by atomic mass is 9.89. The maximum absolute atomic E-state index is 10.9. The van der Waals surface area contributed by atoms with Crippen molar-refractivity contribution in [2.24, 2.45) is 0 Å². The quantitative estimate of drug-likeness (QED) is 0.323. The summed E-state index contributed by atoms with van der Waals surface area (Å²) in [6.07, 6.45) is 1.03. The first-order chi connectivity index (χ1) is 15.7. The highest BCUT2D eigenvalue weighted by molar-refractivity contribution is 5.90. The van der Waals surface area contributed by atoms with E-state index < -0.39 is 0 Å². The molecule has 3 heteroatoms. The summed E-state index contributed by atoms with van der Waals surface area (Å²) in [7, 11) is 0. The SMILES string of the molecule is OCc1cccc(Cc2ccc3ccccc3c2O)c1Cc1ccc2ccccc2c1O. The van der Waals surface area contributed by atoms with Gasteiger partial charge < -0.3 is 15.3 Å². The number of fused-ring (bicyclic) bond motifs is 2. The highest BCUT2D eigenvalue weighted by atomic mass is 16.3. The standard InChI is InChI=1S/C29H24O3/c30-18-24-9-5-8-21(16-22-14-12-19-6-1-3-10-25(19)28(22)31)27(24)17-23-15-13-20-7-2-4-11-26(20)29(23)32/h1-15,30-32H,16-18H2. The van der Waals surface area contributed by atoms with Gasteiger partial charge in [-0.3, -0.25) is 0 Å². The van der Waals surface area contributed by atoms with Gasteiger partial charge in [0.15, 0.2) is 0 Å². The summed E-state index contributed by atoms with van der Waals surface area (Å²) in [5.74, 6) is 0.562. The molecule has 5 rings (SSSR count). The Balaban J connectivity index is 1.57. The van der Waals surface area contributed by atoms with Crippen molar-refractivity contribution in [1.82, 2.24) is 0 Å². The summed E-state index contributed by atoms with van der Waals surface area (Å²) in [4.78, 5) is 0. The number of benzene rings is 5. The van der Waals surface area contributed by atoms with Crippen LogP contribution < -0.4 is 0 Å². The summed E-state index contributed by atoms with van der Waals surface area (Å²) in [6.45, 7) is -0.0821. The lowest BCUT2D eigenvalue weighted by Gasteiger charge is -2.17. The maximum Gasteiger partial charge on any atom is 0.126 e. The van der Waals surface area contributed by atoms with Crippen LogP contribution in [0.3, 0.4) is 0 Å². The van der Waals surface area contributed by atoms with E-state index in [0.717, 1.165) is 49.4 Å². The van der Waals surface area contributed by atoms with Crippen LogP contribution in [0, 0.1) is 0 Å². The van der Waals surface area contributed by atoms with Crippen molar-refractivity contribution >= 4 is 21.5 Å². The number of aromatic hydroxyl groups is 2. The van der Waals surface area contributed by atoms with E-state index in [1.165, 1.54) is 0 Å². The topological polar surface area (TPSA) is 60.7 Å². The number of phenols is 2. The molecule has 0 aliphatic rings. The van der Waals surface area contributed by atoms with Gasteiger partial charge in [0.2, 0.25) is 0 Å². The summed E-state index contributed by atoms with van der Waals surface area (Å²) < 4.78 is 0. The van der Waals surface area contributed by atoms with Gasteiger partial charge in [-0.05, 0) is 38.6 Å². The molecule has 0 radical (unpaired) electrons. The molecule has 0 aliphatic carbocycles. The first kappa shape index (κ1) is 20.1. The minimum atomic E-state index is -0.0821.